The lowest BCUT2D eigenvalue weighted by Crippen LogP contribution is -2.03. The second kappa shape index (κ2) is 5.42. The lowest BCUT2D eigenvalue weighted by atomic mass is 10.1. The molecule has 0 fully saturated rings. The fourth-order valence-electron chi connectivity index (χ4n) is 1.14. The van der Waals surface area contributed by atoms with Crippen molar-refractivity contribution in [2.24, 2.45) is 0 Å². The minimum Gasteiger partial charge on any atom is -0.300 e. The molecule has 0 aliphatic carbocycles. The zero-order valence-corrected chi connectivity index (χ0v) is 10.6. The largest absolute Gasteiger partial charge is 0.300 e. The summed E-state index contributed by atoms with van der Waals surface area (Å²) in [6.07, 6.45) is 0.531. The number of Topliss-reactive ketones (excluding diaryl/α,β-unsaturated/α-hetero) is 2. The first kappa shape index (κ1) is 12.4. The van der Waals surface area contributed by atoms with E-state index in [2.05, 4.69) is 15.9 Å². The predicted octanol–water partition coefficient (Wildman–Crippen LogP) is 3.65. The summed E-state index contributed by atoms with van der Waals surface area (Å²) in [6.45, 7) is 1.48. The number of carbonyl (C=O) groups excluding carboxylic acids is 2. The van der Waals surface area contributed by atoms with E-state index in [1.54, 1.807) is 18.2 Å². The van der Waals surface area contributed by atoms with Crippen LogP contribution in [0.15, 0.2) is 22.7 Å². The van der Waals surface area contributed by atoms with Crippen molar-refractivity contribution in [3.8, 4) is 0 Å². The molecule has 0 bridgehead atoms. The van der Waals surface area contributed by atoms with Crippen LogP contribution >= 0.6 is 27.5 Å². The average Bonchev–Trinajstić information content (AvgIpc) is 2.14. The molecule has 0 aliphatic heterocycles. The molecule has 0 radical (unpaired) electrons. The Morgan fingerprint density at radius 3 is 2.53 bits per heavy atom. The highest BCUT2D eigenvalue weighted by Gasteiger charge is 2.10. The first-order valence-electron chi connectivity index (χ1n) is 4.48. The second-order valence-electron chi connectivity index (χ2n) is 3.25. The number of ketones is 2. The van der Waals surface area contributed by atoms with Crippen molar-refractivity contribution >= 4 is 39.1 Å². The van der Waals surface area contributed by atoms with E-state index in [9.17, 15) is 9.59 Å². The van der Waals surface area contributed by atoms with E-state index in [-0.39, 0.29) is 24.4 Å². The highest BCUT2D eigenvalue weighted by Crippen LogP contribution is 2.23. The molecule has 0 atom stereocenters. The molecule has 80 valence electrons. The Kier molecular flexibility index (Phi) is 4.48. The van der Waals surface area contributed by atoms with Crippen molar-refractivity contribution in [1.82, 2.24) is 0 Å². The Morgan fingerprint density at radius 1 is 1.33 bits per heavy atom. The topological polar surface area (TPSA) is 34.1 Å². The average molecular weight is 290 g/mol. The molecule has 0 unspecified atom stereocenters. The normalized spacial score (nSPS) is 10.1. The van der Waals surface area contributed by atoms with E-state index in [4.69, 9.17) is 11.6 Å². The smallest absolute Gasteiger partial charge is 0.164 e. The summed E-state index contributed by atoms with van der Waals surface area (Å²) in [5, 5.41) is 0.574. The predicted molar refractivity (Wildman–Crippen MR) is 63.4 cm³/mol. The minimum absolute atomic E-state index is 0.0217. The zero-order chi connectivity index (χ0) is 11.4. The van der Waals surface area contributed by atoms with Gasteiger partial charge < -0.3 is 4.79 Å². The van der Waals surface area contributed by atoms with E-state index >= 15 is 0 Å². The van der Waals surface area contributed by atoms with Gasteiger partial charge in [-0.2, -0.15) is 0 Å². The van der Waals surface area contributed by atoms with Gasteiger partial charge in [-0.3, -0.25) is 4.79 Å². The summed E-state index contributed by atoms with van der Waals surface area (Å²) in [7, 11) is 0. The van der Waals surface area contributed by atoms with Crippen LogP contribution in [0, 0.1) is 0 Å². The van der Waals surface area contributed by atoms with Gasteiger partial charge in [-0.25, -0.2) is 0 Å². The lowest BCUT2D eigenvalue weighted by molar-refractivity contribution is -0.116. The van der Waals surface area contributed by atoms with Crippen LogP contribution in [-0.2, 0) is 4.79 Å². The van der Waals surface area contributed by atoms with Crippen LogP contribution in [0.2, 0.25) is 5.02 Å². The first-order chi connectivity index (χ1) is 7.00. The van der Waals surface area contributed by atoms with Crippen LogP contribution in [0.25, 0.3) is 0 Å². The molecule has 0 saturated heterocycles. The minimum atomic E-state index is -0.0475. The number of carbonyl (C=O) groups is 2. The molecule has 1 rings (SSSR count). The van der Waals surface area contributed by atoms with Crippen LogP contribution in [0.1, 0.15) is 30.1 Å². The van der Waals surface area contributed by atoms with E-state index in [0.29, 0.717) is 15.1 Å². The van der Waals surface area contributed by atoms with E-state index in [0.717, 1.165) is 0 Å². The summed E-state index contributed by atoms with van der Waals surface area (Å²) in [5.74, 6) is -0.0258. The lowest BCUT2D eigenvalue weighted by Gasteiger charge is -2.02. The molecule has 0 saturated carbocycles. The summed E-state index contributed by atoms with van der Waals surface area (Å²) in [6, 6.07) is 4.99. The van der Waals surface area contributed by atoms with Crippen LogP contribution in [-0.4, -0.2) is 11.6 Å². The van der Waals surface area contributed by atoms with Gasteiger partial charge in [0.05, 0.1) is 0 Å². The molecule has 1 aromatic carbocycles. The summed E-state index contributed by atoms with van der Waals surface area (Å²) >= 11 is 9.02. The Labute approximate surface area is 102 Å². The maximum absolute atomic E-state index is 11.7. The van der Waals surface area contributed by atoms with Gasteiger partial charge in [0, 0.05) is 27.9 Å². The molecule has 2 nitrogen and oxygen atoms in total. The highest BCUT2D eigenvalue weighted by molar-refractivity contribution is 9.10. The number of halogens is 2. The molecular formula is C11H10BrClO2. The Bertz CT molecular complexity index is 402. The maximum Gasteiger partial charge on any atom is 0.164 e. The Hall–Kier alpha value is -0.670. The number of benzene rings is 1. The first-order valence-corrected chi connectivity index (χ1v) is 5.65. The Morgan fingerprint density at radius 2 is 2.00 bits per heavy atom. The van der Waals surface area contributed by atoms with Gasteiger partial charge in [-0.1, -0.05) is 11.6 Å². The summed E-state index contributed by atoms with van der Waals surface area (Å²) in [5.41, 5.74) is 0.570. The SMILES string of the molecule is CC(=O)CCC(=O)c1ccc(Cl)cc1Br. The van der Waals surface area contributed by atoms with Crippen molar-refractivity contribution in [2.75, 3.05) is 0 Å². The zero-order valence-electron chi connectivity index (χ0n) is 8.22. The summed E-state index contributed by atoms with van der Waals surface area (Å²) in [4.78, 5) is 22.4. The van der Waals surface area contributed by atoms with Crippen molar-refractivity contribution < 1.29 is 9.59 Å². The van der Waals surface area contributed by atoms with Crippen molar-refractivity contribution in [3.63, 3.8) is 0 Å². The molecule has 0 amide bonds. The Balaban J connectivity index is 2.78. The molecule has 0 heterocycles. The highest BCUT2D eigenvalue weighted by atomic mass is 79.9. The molecule has 0 N–H and O–H groups in total. The van der Waals surface area contributed by atoms with Crippen molar-refractivity contribution in [1.29, 1.82) is 0 Å². The fraction of sp³-hybridized carbons (Fsp3) is 0.273. The van der Waals surface area contributed by atoms with Gasteiger partial charge in [0.1, 0.15) is 5.78 Å². The molecule has 4 heteroatoms. The monoisotopic (exact) mass is 288 g/mol. The maximum atomic E-state index is 11.7. The standard InChI is InChI=1S/C11H10BrClO2/c1-7(14)2-5-11(15)9-4-3-8(13)6-10(9)12/h3-4,6H,2,5H2,1H3. The van der Waals surface area contributed by atoms with E-state index in [1.807, 2.05) is 0 Å². The second-order valence-corrected chi connectivity index (χ2v) is 4.54. The van der Waals surface area contributed by atoms with Gasteiger partial charge in [-0.05, 0) is 41.1 Å². The molecule has 0 aliphatic rings. The third-order valence-corrected chi connectivity index (χ3v) is 2.83. The molecule has 15 heavy (non-hydrogen) atoms. The molecule has 1 aromatic rings. The molecule has 0 spiro atoms. The number of hydrogen-bond donors (Lipinski definition) is 0. The van der Waals surface area contributed by atoms with E-state index < -0.39 is 0 Å². The number of rotatable bonds is 4. The van der Waals surface area contributed by atoms with Gasteiger partial charge in [0.2, 0.25) is 0 Å². The van der Waals surface area contributed by atoms with Gasteiger partial charge in [0.25, 0.3) is 0 Å². The third kappa shape index (κ3) is 3.76. The molecule has 0 aromatic heterocycles. The van der Waals surface area contributed by atoms with Gasteiger partial charge >= 0.3 is 0 Å². The van der Waals surface area contributed by atoms with Crippen LogP contribution < -0.4 is 0 Å². The quantitative estimate of drug-likeness (QED) is 0.793. The van der Waals surface area contributed by atoms with Crippen LogP contribution in [0.5, 0.6) is 0 Å². The van der Waals surface area contributed by atoms with Crippen LogP contribution in [0.3, 0.4) is 0 Å². The van der Waals surface area contributed by atoms with Crippen molar-refractivity contribution in [2.45, 2.75) is 19.8 Å². The number of hydrogen-bond acceptors (Lipinski definition) is 2. The summed E-state index contributed by atoms with van der Waals surface area (Å²) < 4.78 is 0.670. The molecular weight excluding hydrogens is 279 g/mol. The fourth-order valence-corrected chi connectivity index (χ4v) is 2.04. The van der Waals surface area contributed by atoms with Crippen LogP contribution in [0.4, 0.5) is 0 Å². The van der Waals surface area contributed by atoms with Gasteiger partial charge in [0.15, 0.2) is 5.78 Å². The van der Waals surface area contributed by atoms with Gasteiger partial charge in [-0.15, -0.1) is 0 Å². The van der Waals surface area contributed by atoms with E-state index in [1.165, 1.54) is 6.92 Å². The van der Waals surface area contributed by atoms with Crippen molar-refractivity contribution in [3.05, 3.63) is 33.3 Å². The third-order valence-electron chi connectivity index (χ3n) is 1.94.